The largest absolute Gasteiger partial charge is 0.508 e. The van der Waals surface area contributed by atoms with Crippen molar-refractivity contribution in [2.45, 2.75) is 19.5 Å². The number of aromatic hydroxyl groups is 1. The van der Waals surface area contributed by atoms with Crippen LogP contribution in [0.5, 0.6) is 5.75 Å². The monoisotopic (exact) mass is 341 g/mol. The van der Waals surface area contributed by atoms with Crippen LogP contribution in [0.3, 0.4) is 0 Å². The molecule has 2 rings (SSSR count). The first-order chi connectivity index (χ1) is 9.47. The van der Waals surface area contributed by atoms with E-state index in [-0.39, 0.29) is 17.6 Å². The molecule has 0 spiro atoms. The lowest BCUT2D eigenvalue weighted by Gasteiger charge is -2.16. The quantitative estimate of drug-likeness (QED) is 0.869. The topological polar surface area (TPSA) is 32.3 Å². The fourth-order valence-electron chi connectivity index (χ4n) is 1.92. The molecule has 0 fully saturated rings. The van der Waals surface area contributed by atoms with E-state index in [1.165, 1.54) is 30.3 Å². The standard InChI is InChI=1S/C15H14BrF2NO/c1-9(13-7-12(18)3-5-15(13)20)19-8-10-6-11(17)2-4-14(10)16/h2-7,9,19-20H,8H2,1H3. The summed E-state index contributed by atoms with van der Waals surface area (Å²) in [6.45, 7) is 2.21. The summed E-state index contributed by atoms with van der Waals surface area (Å²) in [4.78, 5) is 0. The van der Waals surface area contributed by atoms with E-state index in [1.807, 2.05) is 6.92 Å². The van der Waals surface area contributed by atoms with Crippen molar-refractivity contribution in [2.24, 2.45) is 0 Å². The summed E-state index contributed by atoms with van der Waals surface area (Å²) in [5.74, 6) is -0.686. The summed E-state index contributed by atoms with van der Waals surface area (Å²) in [5, 5.41) is 12.9. The highest BCUT2D eigenvalue weighted by Crippen LogP contribution is 2.25. The Morgan fingerprint density at radius 2 is 1.80 bits per heavy atom. The fraction of sp³-hybridized carbons (Fsp3) is 0.200. The molecule has 1 atom stereocenters. The van der Waals surface area contributed by atoms with Crippen molar-refractivity contribution in [3.05, 3.63) is 63.6 Å². The molecule has 0 amide bonds. The minimum Gasteiger partial charge on any atom is -0.508 e. The van der Waals surface area contributed by atoms with Gasteiger partial charge in [-0.25, -0.2) is 8.78 Å². The molecule has 0 aliphatic heterocycles. The molecule has 2 N–H and O–H groups in total. The van der Waals surface area contributed by atoms with Gasteiger partial charge in [0.15, 0.2) is 0 Å². The van der Waals surface area contributed by atoms with Crippen molar-refractivity contribution in [1.29, 1.82) is 0 Å². The molecular weight excluding hydrogens is 328 g/mol. The van der Waals surface area contributed by atoms with Crippen LogP contribution in [0.4, 0.5) is 8.78 Å². The van der Waals surface area contributed by atoms with Crippen molar-refractivity contribution < 1.29 is 13.9 Å². The number of nitrogens with one attached hydrogen (secondary N) is 1. The van der Waals surface area contributed by atoms with Crippen molar-refractivity contribution >= 4 is 15.9 Å². The van der Waals surface area contributed by atoms with Gasteiger partial charge in [-0.2, -0.15) is 0 Å². The minimum atomic E-state index is -0.404. The maximum absolute atomic E-state index is 13.2. The average Bonchev–Trinajstić information content (AvgIpc) is 2.42. The maximum Gasteiger partial charge on any atom is 0.123 e. The van der Waals surface area contributed by atoms with E-state index in [0.29, 0.717) is 12.1 Å². The molecule has 2 nitrogen and oxygen atoms in total. The Balaban J connectivity index is 2.10. The second kappa shape index (κ2) is 6.33. The third-order valence-corrected chi connectivity index (χ3v) is 3.84. The van der Waals surface area contributed by atoms with Crippen LogP contribution in [0.25, 0.3) is 0 Å². The van der Waals surface area contributed by atoms with Gasteiger partial charge in [-0.1, -0.05) is 15.9 Å². The molecular formula is C15H14BrF2NO. The average molecular weight is 342 g/mol. The van der Waals surface area contributed by atoms with Crippen LogP contribution in [0.15, 0.2) is 40.9 Å². The third-order valence-electron chi connectivity index (χ3n) is 3.06. The molecule has 0 heterocycles. The first-order valence-corrected chi connectivity index (χ1v) is 6.92. The van der Waals surface area contributed by atoms with E-state index < -0.39 is 5.82 Å². The number of hydrogen-bond acceptors (Lipinski definition) is 2. The smallest absolute Gasteiger partial charge is 0.123 e. The first kappa shape index (κ1) is 14.9. The molecule has 0 saturated heterocycles. The van der Waals surface area contributed by atoms with Crippen LogP contribution in [0.2, 0.25) is 0 Å². The Morgan fingerprint density at radius 1 is 1.15 bits per heavy atom. The van der Waals surface area contributed by atoms with Crippen LogP contribution in [-0.4, -0.2) is 5.11 Å². The van der Waals surface area contributed by atoms with E-state index in [2.05, 4.69) is 21.2 Å². The van der Waals surface area contributed by atoms with E-state index >= 15 is 0 Å². The van der Waals surface area contributed by atoms with Crippen molar-refractivity contribution in [3.8, 4) is 5.75 Å². The number of hydrogen-bond donors (Lipinski definition) is 2. The summed E-state index contributed by atoms with van der Waals surface area (Å²) in [7, 11) is 0. The minimum absolute atomic E-state index is 0.0321. The Labute approximate surface area is 124 Å². The maximum atomic E-state index is 13.2. The van der Waals surface area contributed by atoms with E-state index in [9.17, 15) is 13.9 Å². The van der Waals surface area contributed by atoms with Gasteiger partial charge in [0.2, 0.25) is 0 Å². The number of rotatable bonds is 4. The van der Waals surface area contributed by atoms with E-state index in [0.717, 1.165) is 10.0 Å². The van der Waals surface area contributed by atoms with Gasteiger partial charge in [-0.15, -0.1) is 0 Å². The van der Waals surface area contributed by atoms with Gasteiger partial charge in [0.1, 0.15) is 17.4 Å². The first-order valence-electron chi connectivity index (χ1n) is 6.13. The van der Waals surface area contributed by atoms with E-state index in [4.69, 9.17) is 0 Å². The van der Waals surface area contributed by atoms with Crippen LogP contribution in [-0.2, 0) is 6.54 Å². The van der Waals surface area contributed by atoms with Gasteiger partial charge in [0, 0.05) is 22.6 Å². The molecule has 20 heavy (non-hydrogen) atoms. The Bertz CT molecular complexity index is 619. The van der Waals surface area contributed by atoms with Gasteiger partial charge >= 0.3 is 0 Å². The zero-order valence-electron chi connectivity index (χ0n) is 10.8. The Hall–Kier alpha value is -1.46. The van der Waals surface area contributed by atoms with Gasteiger partial charge in [0.25, 0.3) is 0 Å². The molecule has 2 aromatic rings. The number of phenols is 1. The fourth-order valence-corrected chi connectivity index (χ4v) is 2.31. The summed E-state index contributed by atoms with van der Waals surface area (Å²) in [6.07, 6.45) is 0. The lowest BCUT2D eigenvalue weighted by molar-refractivity contribution is 0.448. The van der Waals surface area contributed by atoms with Crippen molar-refractivity contribution in [2.75, 3.05) is 0 Å². The molecule has 0 saturated carbocycles. The molecule has 0 aromatic heterocycles. The van der Waals surface area contributed by atoms with Gasteiger partial charge in [-0.3, -0.25) is 0 Å². The zero-order chi connectivity index (χ0) is 14.7. The zero-order valence-corrected chi connectivity index (χ0v) is 12.4. The second-order valence-electron chi connectivity index (χ2n) is 4.54. The Kier molecular flexibility index (Phi) is 4.73. The van der Waals surface area contributed by atoms with Crippen LogP contribution in [0, 0.1) is 11.6 Å². The SMILES string of the molecule is CC(NCc1cc(F)ccc1Br)c1cc(F)ccc1O. The van der Waals surface area contributed by atoms with Gasteiger partial charge < -0.3 is 10.4 Å². The summed E-state index contributed by atoms with van der Waals surface area (Å²) in [5.41, 5.74) is 1.23. The summed E-state index contributed by atoms with van der Waals surface area (Å²) < 4.78 is 27.2. The van der Waals surface area contributed by atoms with Crippen LogP contribution in [0.1, 0.15) is 24.1 Å². The van der Waals surface area contributed by atoms with Crippen molar-refractivity contribution in [1.82, 2.24) is 5.32 Å². The molecule has 0 aliphatic carbocycles. The molecule has 0 bridgehead atoms. The highest BCUT2D eigenvalue weighted by molar-refractivity contribution is 9.10. The number of phenolic OH excluding ortho intramolecular Hbond substituents is 1. The highest BCUT2D eigenvalue weighted by atomic mass is 79.9. The van der Waals surface area contributed by atoms with Gasteiger partial charge in [0.05, 0.1) is 0 Å². The highest BCUT2D eigenvalue weighted by Gasteiger charge is 2.12. The summed E-state index contributed by atoms with van der Waals surface area (Å²) in [6, 6.07) is 7.98. The van der Waals surface area contributed by atoms with Crippen LogP contribution < -0.4 is 5.32 Å². The molecule has 0 radical (unpaired) electrons. The second-order valence-corrected chi connectivity index (χ2v) is 5.40. The van der Waals surface area contributed by atoms with Crippen LogP contribution >= 0.6 is 15.9 Å². The molecule has 0 aliphatic rings. The predicted octanol–water partition coefficient (Wildman–Crippen LogP) is 4.28. The molecule has 5 heteroatoms. The summed E-state index contributed by atoms with van der Waals surface area (Å²) >= 11 is 3.35. The predicted molar refractivity (Wildman–Crippen MR) is 77.4 cm³/mol. The van der Waals surface area contributed by atoms with Crippen molar-refractivity contribution in [3.63, 3.8) is 0 Å². The lowest BCUT2D eigenvalue weighted by Crippen LogP contribution is -2.18. The lowest BCUT2D eigenvalue weighted by atomic mass is 10.1. The van der Waals surface area contributed by atoms with E-state index in [1.54, 1.807) is 6.07 Å². The molecule has 106 valence electrons. The molecule has 2 aromatic carbocycles. The number of benzene rings is 2. The number of halogens is 3. The molecule has 1 unspecified atom stereocenters. The normalized spacial score (nSPS) is 12.4. The Morgan fingerprint density at radius 3 is 2.55 bits per heavy atom. The van der Waals surface area contributed by atoms with Gasteiger partial charge in [-0.05, 0) is 48.9 Å². The third kappa shape index (κ3) is 3.55.